The lowest BCUT2D eigenvalue weighted by Crippen LogP contribution is -2.24. The molecular formula is C15H15BrClFN2. The Morgan fingerprint density at radius 1 is 1.35 bits per heavy atom. The molecule has 2 aromatic rings. The summed E-state index contributed by atoms with van der Waals surface area (Å²) >= 11 is 9.47. The summed E-state index contributed by atoms with van der Waals surface area (Å²) in [5, 5.41) is 3.83. The Balaban J connectivity index is 2.22. The molecule has 5 heteroatoms. The molecule has 0 bridgehead atoms. The molecule has 1 aromatic carbocycles. The molecule has 0 aliphatic heterocycles. The molecule has 1 heterocycles. The van der Waals surface area contributed by atoms with E-state index in [2.05, 4.69) is 26.2 Å². The van der Waals surface area contributed by atoms with Crippen LogP contribution in [0.15, 0.2) is 41.0 Å². The van der Waals surface area contributed by atoms with Crippen molar-refractivity contribution in [3.8, 4) is 0 Å². The van der Waals surface area contributed by atoms with Gasteiger partial charge in [0.05, 0.1) is 11.7 Å². The molecule has 2 rings (SSSR count). The number of likely N-dealkylation sites (N-methyl/N-ethyl adjacent to an activating group) is 1. The summed E-state index contributed by atoms with van der Waals surface area (Å²) in [5.41, 5.74) is 1.85. The average molecular weight is 358 g/mol. The van der Waals surface area contributed by atoms with Gasteiger partial charge in [-0.15, -0.1) is 0 Å². The number of rotatable bonds is 5. The van der Waals surface area contributed by atoms with Crippen LogP contribution in [0.5, 0.6) is 0 Å². The highest BCUT2D eigenvalue weighted by Gasteiger charge is 2.14. The SMILES string of the molecule is CCNC(Cc1ccc(F)cc1Cl)c1ccc(Br)cn1. The van der Waals surface area contributed by atoms with Gasteiger partial charge in [-0.1, -0.05) is 24.6 Å². The predicted molar refractivity (Wildman–Crippen MR) is 83.5 cm³/mol. The highest BCUT2D eigenvalue weighted by Crippen LogP contribution is 2.24. The third-order valence-electron chi connectivity index (χ3n) is 3.00. The Kier molecular flexibility index (Phi) is 5.52. The van der Waals surface area contributed by atoms with Crippen LogP contribution >= 0.6 is 27.5 Å². The lowest BCUT2D eigenvalue weighted by Gasteiger charge is -2.18. The highest BCUT2D eigenvalue weighted by molar-refractivity contribution is 9.10. The molecule has 0 radical (unpaired) electrons. The zero-order valence-corrected chi connectivity index (χ0v) is 13.4. The van der Waals surface area contributed by atoms with E-state index < -0.39 is 0 Å². The summed E-state index contributed by atoms with van der Waals surface area (Å²) in [6.45, 7) is 2.86. The van der Waals surface area contributed by atoms with Gasteiger partial charge in [-0.2, -0.15) is 0 Å². The van der Waals surface area contributed by atoms with Crippen LogP contribution in [0.2, 0.25) is 5.02 Å². The van der Waals surface area contributed by atoms with Gasteiger partial charge in [0, 0.05) is 15.7 Å². The van der Waals surface area contributed by atoms with E-state index in [1.807, 2.05) is 19.1 Å². The summed E-state index contributed by atoms with van der Waals surface area (Å²) in [5.74, 6) is -0.319. The molecular weight excluding hydrogens is 343 g/mol. The van der Waals surface area contributed by atoms with E-state index in [0.29, 0.717) is 11.4 Å². The van der Waals surface area contributed by atoms with E-state index in [4.69, 9.17) is 11.6 Å². The Hall–Kier alpha value is -0.970. The van der Waals surface area contributed by atoms with Crippen molar-refractivity contribution >= 4 is 27.5 Å². The average Bonchev–Trinajstić information content (AvgIpc) is 2.42. The lowest BCUT2D eigenvalue weighted by molar-refractivity contribution is 0.536. The standard InChI is InChI=1S/C15H15BrClFN2/c1-2-19-15(14-6-4-11(16)9-20-14)7-10-3-5-12(18)8-13(10)17/h3-6,8-9,15,19H,2,7H2,1H3. The molecule has 0 amide bonds. The van der Waals surface area contributed by atoms with E-state index in [1.165, 1.54) is 12.1 Å². The number of nitrogens with one attached hydrogen (secondary N) is 1. The Bertz CT molecular complexity index is 575. The summed E-state index contributed by atoms with van der Waals surface area (Å²) < 4.78 is 14.0. The minimum absolute atomic E-state index is 0.0519. The van der Waals surface area contributed by atoms with Gasteiger partial charge in [-0.3, -0.25) is 4.98 Å². The van der Waals surface area contributed by atoms with Crippen LogP contribution in [0.4, 0.5) is 4.39 Å². The first-order chi connectivity index (χ1) is 9.60. The zero-order valence-electron chi connectivity index (χ0n) is 11.0. The fourth-order valence-electron chi connectivity index (χ4n) is 2.03. The molecule has 0 saturated heterocycles. The minimum atomic E-state index is -0.319. The van der Waals surface area contributed by atoms with Crippen LogP contribution in [-0.4, -0.2) is 11.5 Å². The second kappa shape index (κ2) is 7.16. The van der Waals surface area contributed by atoms with Gasteiger partial charge >= 0.3 is 0 Å². The van der Waals surface area contributed by atoms with E-state index in [0.717, 1.165) is 22.3 Å². The number of nitrogens with zero attached hydrogens (tertiary/aromatic N) is 1. The quantitative estimate of drug-likeness (QED) is 0.850. The highest BCUT2D eigenvalue weighted by atomic mass is 79.9. The molecule has 2 nitrogen and oxygen atoms in total. The summed E-state index contributed by atoms with van der Waals surface area (Å²) in [4.78, 5) is 4.41. The maximum atomic E-state index is 13.1. The minimum Gasteiger partial charge on any atom is -0.309 e. The van der Waals surface area contributed by atoms with Crippen molar-refractivity contribution in [2.75, 3.05) is 6.54 Å². The molecule has 1 atom stereocenters. The molecule has 0 saturated carbocycles. The van der Waals surface area contributed by atoms with Crippen molar-refractivity contribution in [3.05, 3.63) is 63.1 Å². The molecule has 1 unspecified atom stereocenters. The first kappa shape index (κ1) is 15.4. The van der Waals surface area contributed by atoms with Crippen LogP contribution in [-0.2, 0) is 6.42 Å². The van der Waals surface area contributed by atoms with Gasteiger partial charge in [-0.05, 0) is 58.7 Å². The predicted octanol–water partition coefficient (Wildman–Crippen LogP) is 4.53. The van der Waals surface area contributed by atoms with E-state index in [1.54, 1.807) is 12.3 Å². The van der Waals surface area contributed by atoms with E-state index >= 15 is 0 Å². The molecule has 0 fully saturated rings. The topological polar surface area (TPSA) is 24.9 Å². The van der Waals surface area contributed by atoms with Gasteiger partial charge in [0.1, 0.15) is 5.82 Å². The van der Waals surface area contributed by atoms with Crippen LogP contribution in [0, 0.1) is 5.82 Å². The molecule has 1 aromatic heterocycles. The van der Waals surface area contributed by atoms with Crippen molar-refractivity contribution in [1.29, 1.82) is 0 Å². The molecule has 0 aliphatic rings. The van der Waals surface area contributed by atoms with Gasteiger partial charge in [0.2, 0.25) is 0 Å². The molecule has 106 valence electrons. The normalized spacial score (nSPS) is 12.4. The van der Waals surface area contributed by atoms with Crippen LogP contribution < -0.4 is 5.32 Å². The third-order valence-corrected chi connectivity index (χ3v) is 3.82. The fraction of sp³-hybridized carbons (Fsp3) is 0.267. The van der Waals surface area contributed by atoms with Gasteiger partial charge in [0.15, 0.2) is 0 Å². The number of pyridine rings is 1. The Morgan fingerprint density at radius 2 is 2.15 bits per heavy atom. The number of benzene rings is 1. The van der Waals surface area contributed by atoms with Crippen LogP contribution in [0.25, 0.3) is 0 Å². The lowest BCUT2D eigenvalue weighted by atomic mass is 10.0. The largest absolute Gasteiger partial charge is 0.309 e. The molecule has 1 N–H and O–H groups in total. The van der Waals surface area contributed by atoms with Gasteiger partial charge in [0.25, 0.3) is 0 Å². The van der Waals surface area contributed by atoms with Crippen LogP contribution in [0.3, 0.4) is 0 Å². The maximum absolute atomic E-state index is 13.1. The van der Waals surface area contributed by atoms with E-state index in [-0.39, 0.29) is 11.9 Å². The van der Waals surface area contributed by atoms with Crippen molar-refractivity contribution in [3.63, 3.8) is 0 Å². The summed E-state index contributed by atoms with van der Waals surface area (Å²) in [6, 6.07) is 8.47. The first-order valence-corrected chi connectivity index (χ1v) is 7.56. The second-order valence-electron chi connectivity index (χ2n) is 4.45. The Morgan fingerprint density at radius 3 is 2.75 bits per heavy atom. The fourth-order valence-corrected chi connectivity index (χ4v) is 2.51. The van der Waals surface area contributed by atoms with Gasteiger partial charge in [-0.25, -0.2) is 4.39 Å². The van der Waals surface area contributed by atoms with Crippen molar-refractivity contribution in [2.45, 2.75) is 19.4 Å². The number of hydrogen-bond acceptors (Lipinski definition) is 2. The molecule has 0 aliphatic carbocycles. The van der Waals surface area contributed by atoms with Gasteiger partial charge < -0.3 is 5.32 Å². The number of halogens is 3. The maximum Gasteiger partial charge on any atom is 0.124 e. The van der Waals surface area contributed by atoms with Crippen LogP contribution in [0.1, 0.15) is 24.2 Å². The molecule has 0 spiro atoms. The first-order valence-electron chi connectivity index (χ1n) is 6.39. The molecule has 20 heavy (non-hydrogen) atoms. The van der Waals surface area contributed by atoms with Crippen molar-refractivity contribution < 1.29 is 4.39 Å². The third kappa shape index (κ3) is 4.01. The van der Waals surface area contributed by atoms with Crippen molar-refractivity contribution in [1.82, 2.24) is 10.3 Å². The zero-order chi connectivity index (χ0) is 14.5. The number of hydrogen-bond donors (Lipinski definition) is 1. The summed E-state index contributed by atoms with van der Waals surface area (Å²) in [6.07, 6.45) is 2.44. The Labute approximate surface area is 131 Å². The summed E-state index contributed by atoms with van der Waals surface area (Å²) in [7, 11) is 0. The number of aromatic nitrogens is 1. The monoisotopic (exact) mass is 356 g/mol. The van der Waals surface area contributed by atoms with E-state index in [9.17, 15) is 4.39 Å². The van der Waals surface area contributed by atoms with Crippen molar-refractivity contribution in [2.24, 2.45) is 0 Å². The second-order valence-corrected chi connectivity index (χ2v) is 5.77. The smallest absolute Gasteiger partial charge is 0.124 e.